The van der Waals surface area contributed by atoms with Gasteiger partial charge in [0, 0.05) is 5.69 Å². The summed E-state index contributed by atoms with van der Waals surface area (Å²) in [6.07, 6.45) is 4.19. The van der Waals surface area contributed by atoms with Crippen LogP contribution in [0.25, 0.3) is 0 Å². The predicted molar refractivity (Wildman–Crippen MR) is 54.7 cm³/mol. The molecule has 0 spiro atoms. The highest BCUT2D eigenvalue weighted by Crippen LogP contribution is 2.11. The smallest absolute Gasteiger partial charge is 0.211 e. The molecule has 1 N–H and O–H groups in total. The summed E-state index contributed by atoms with van der Waals surface area (Å²) in [6.45, 7) is 2.17. The number of hydrogen-bond acceptors (Lipinski definition) is 1. The molecule has 0 atom stereocenters. The van der Waals surface area contributed by atoms with Gasteiger partial charge < -0.3 is 5.32 Å². The van der Waals surface area contributed by atoms with Crippen LogP contribution in [0.3, 0.4) is 0 Å². The topological polar surface area (TPSA) is 29.1 Å². The van der Waals surface area contributed by atoms with E-state index in [-0.39, 0.29) is 0 Å². The van der Waals surface area contributed by atoms with Crippen molar-refractivity contribution in [3.63, 3.8) is 0 Å². The average molecular weight is 177 g/mol. The number of amides is 1. The summed E-state index contributed by atoms with van der Waals surface area (Å²) in [5, 5.41) is 2.64. The predicted octanol–water partition coefficient (Wildman–Crippen LogP) is 2.60. The minimum atomic E-state index is 0.707. The zero-order chi connectivity index (χ0) is 9.52. The number of rotatable bonds is 5. The third-order valence-electron chi connectivity index (χ3n) is 1.97. The maximum Gasteiger partial charge on any atom is 0.211 e. The lowest BCUT2D eigenvalue weighted by Gasteiger charge is -2.02. The largest absolute Gasteiger partial charge is 0.329 e. The molecule has 0 saturated heterocycles. The lowest BCUT2D eigenvalue weighted by Crippen LogP contribution is -1.94. The molecule has 0 bridgehead atoms. The maximum atomic E-state index is 10.2. The van der Waals surface area contributed by atoms with Crippen LogP contribution in [0.4, 0.5) is 5.69 Å². The van der Waals surface area contributed by atoms with Crippen molar-refractivity contribution in [3.05, 3.63) is 29.8 Å². The van der Waals surface area contributed by atoms with E-state index < -0.39 is 0 Å². The highest BCUT2D eigenvalue weighted by molar-refractivity contribution is 5.71. The Balaban J connectivity index is 2.61. The molecule has 0 aromatic heterocycles. The van der Waals surface area contributed by atoms with Gasteiger partial charge in [0.1, 0.15) is 0 Å². The van der Waals surface area contributed by atoms with E-state index in [4.69, 9.17) is 0 Å². The molecule has 0 aliphatic carbocycles. The van der Waals surface area contributed by atoms with E-state index in [0.717, 1.165) is 12.1 Å². The zero-order valence-electron chi connectivity index (χ0n) is 7.92. The first kappa shape index (κ1) is 9.78. The van der Waals surface area contributed by atoms with Gasteiger partial charge in [0.25, 0.3) is 0 Å². The Morgan fingerprint density at radius 3 is 3.00 bits per heavy atom. The van der Waals surface area contributed by atoms with Crippen LogP contribution in [0.2, 0.25) is 0 Å². The van der Waals surface area contributed by atoms with E-state index in [1.54, 1.807) is 0 Å². The molecule has 70 valence electrons. The van der Waals surface area contributed by atoms with Gasteiger partial charge in [-0.25, -0.2) is 0 Å². The number of nitrogens with one attached hydrogen (secondary N) is 1. The van der Waals surface area contributed by atoms with E-state index in [9.17, 15) is 4.79 Å². The quantitative estimate of drug-likeness (QED) is 0.688. The molecule has 0 radical (unpaired) electrons. The lowest BCUT2D eigenvalue weighted by atomic mass is 10.1. The Kier molecular flexibility index (Phi) is 4.03. The minimum Gasteiger partial charge on any atom is -0.329 e. The van der Waals surface area contributed by atoms with Crippen LogP contribution >= 0.6 is 0 Å². The van der Waals surface area contributed by atoms with Crippen molar-refractivity contribution in [1.82, 2.24) is 0 Å². The van der Waals surface area contributed by atoms with Crippen molar-refractivity contribution in [3.8, 4) is 0 Å². The molecular weight excluding hydrogens is 162 g/mol. The second kappa shape index (κ2) is 5.36. The zero-order valence-corrected chi connectivity index (χ0v) is 7.92. The molecule has 0 aliphatic heterocycles. The highest BCUT2D eigenvalue weighted by atomic mass is 16.1. The molecule has 1 amide bonds. The molecule has 0 unspecified atom stereocenters. The fourth-order valence-electron chi connectivity index (χ4n) is 1.27. The molecule has 0 fully saturated rings. The van der Waals surface area contributed by atoms with Gasteiger partial charge in [0.15, 0.2) is 0 Å². The number of unbranched alkanes of at least 4 members (excludes halogenated alkanes) is 1. The normalized spacial score (nSPS) is 9.62. The van der Waals surface area contributed by atoms with Gasteiger partial charge >= 0.3 is 0 Å². The maximum absolute atomic E-state index is 10.2. The van der Waals surface area contributed by atoms with Crippen LogP contribution < -0.4 is 5.32 Å². The van der Waals surface area contributed by atoms with Crippen LogP contribution in [-0.4, -0.2) is 6.41 Å². The number of carbonyl (C=O) groups is 1. The Hall–Kier alpha value is -1.31. The third-order valence-corrected chi connectivity index (χ3v) is 1.97. The van der Waals surface area contributed by atoms with Crippen LogP contribution in [-0.2, 0) is 11.2 Å². The molecule has 2 heteroatoms. The van der Waals surface area contributed by atoms with Crippen molar-refractivity contribution < 1.29 is 4.79 Å². The third kappa shape index (κ3) is 3.28. The fraction of sp³-hybridized carbons (Fsp3) is 0.364. The number of carbonyl (C=O) groups excluding carboxylic acids is 1. The van der Waals surface area contributed by atoms with Crippen molar-refractivity contribution in [2.75, 3.05) is 5.32 Å². The van der Waals surface area contributed by atoms with E-state index >= 15 is 0 Å². The summed E-state index contributed by atoms with van der Waals surface area (Å²) in [5.41, 5.74) is 2.16. The van der Waals surface area contributed by atoms with Crippen molar-refractivity contribution in [2.45, 2.75) is 26.2 Å². The number of anilines is 1. The molecule has 1 aromatic carbocycles. The number of aryl methyl sites for hydroxylation is 1. The molecule has 0 heterocycles. The molecule has 0 saturated carbocycles. The number of benzene rings is 1. The molecule has 0 aliphatic rings. The SMILES string of the molecule is CCCCc1cccc(NC=O)c1. The first-order chi connectivity index (χ1) is 6.36. The first-order valence-corrected chi connectivity index (χ1v) is 4.66. The average Bonchev–Trinajstić information content (AvgIpc) is 2.16. The summed E-state index contributed by atoms with van der Waals surface area (Å²) >= 11 is 0. The Morgan fingerprint density at radius 2 is 2.31 bits per heavy atom. The standard InChI is InChI=1S/C11H15NO/c1-2-3-5-10-6-4-7-11(8-10)12-9-13/h4,6-9H,2-3,5H2,1H3,(H,12,13). The van der Waals surface area contributed by atoms with E-state index in [2.05, 4.69) is 18.3 Å². The molecule has 1 aromatic rings. The number of hydrogen-bond donors (Lipinski definition) is 1. The van der Waals surface area contributed by atoms with Crippen LogP contribution in [0.15, 0.2) is 24.3 Å². The fourth-order valence-corrected chi connectivity index (χ4v) is 1.27. The van der Waals surface area contributed by atoms with Crippen molar-refractivity contribution in [2.24, 2.45) is 0 Å². The summed E-state index contributed by atoms with van der Waals surface area (Å²) in [7, 11) is 0. The second-order valence-electron chi connectivity index (χ2n) is 3.07. The van der Waals surface area contributed by atoms with Crippen molar-refractivity contribution in [1.29, 1.82) is 0 Å². The first-order valence-electron chi connectivity index (χ1n) is 4.66. The van der Waals surface area contributed by atoms with Crippen LogP contribution in [0.1, 0.15) is 25.3 Å². The Bertz CT molecular complexity index is 271. The van der Waals surface area contributed by atoms with Gasteiger partial charge in [-0.05, 0) is 30.5 Å². The summed E-state index contributed by atoms with van der Waals surface area (Å²) in [4.78, 5) is 10.2. The van der Waals surface area contributed by atoms with Gasteiger partial charge in [-0.1, -0.05) is 25.5 Å². The van der Waals surface area contributed by atoms with Gasteiger partial charge in [-0.3, -0.25) is 4.79 Å². The molecule has 2 nitrogen and oxygen atoms in total. The summed E-state index contributed by atoms with van der Waals surface area (Å²) in [6, 6.07) is 7.97. The highest BCUT2D eigenvalue weighted by Gasteiger charge is 1.94. The van der Waals surface area contributed by atoms with Crippen molar-refractivity contribution >= 4 is 12.1 Å². The van der Waals surface area contributed by atoms with Crippen LogP contribution in [0, 0.1) is 0 Å². The lowest BCUT2D eigenvalue weighted by molar-refractivity contribution is -0.105. The summed E-state index contributed by atoms with van der Waals surface area (Å²) in [5.74, 6) is 0. The molecular formula is C11H15NO. The molecule has 1 rings (SSSR count). The van der Waals surface area contributed by atoms with Gasteiger partial charge in [-0.15, -0.1) is 0 Å². The van der Waals surface area contributed by atoms with Crippen LogP contribution in [0.5, 0.6) is 0 Å². The second-order valence-corrected chi connectivity index (χ2v) is 3.07. The van der Waals surface area contributed by atoms with Gasteiger partial charge in [0.2, 0.25) is 6.41 Å². The van der Waals surface area contributed by atoms with E-state index in [1.165, 1.54) is 18.4 Å². The van der Waals surface area contributed by atoms with Gasteiger partial charge in [-0.2, -0.15) is 0 Å². The van der Waals surface area contributed by atoms with E-state index in [1.807, 2.05) is 18.2 Å². The summed E-state index contributed by atoms with van der Waals surface area (Å²) < 4.78 is 0. The van der Waals surface area contributed by atoms with E-state index in [0.29, 0.717) is 6.41 Å². The Morgan fingerprint density at radius 1 is 1.46 bits per heavy atom. The minimum absolute atomic E-state index is 0.707. The monoisotopic (exact) mass is 177 g/mol. The molecule has 13 heavy (non-hydrogen) atoms. The Labute approximate surface area is 79.0 Å². The van der Waals surface area contributed by atoms with Gasteiger partial charge in [0.05, 0.1) is 0 Å².